The first-order valence-corrected chi connectivity index (χ1v) is 11.6. The molecule has 1 atom stereocenters. The standard InChI is InChI=1S/C22H33Cl2N3O5/c1-22(2,3)32-21(29)26(4)17(7-5-6-8-27-9-11-30-12-10-27)20(28)31-15-16-13-18(23)25-19(24)14-16/h13-14,17H,5-12,15H2,1-4H3/t17-/m0/s1. The van der Waals surface area contributed by atoms with Crippen molar-refractivity contribution in [1.29, 1.82) is 0 Å². The van der Waals surface area contributed by atoms with E-state index in [9.17, 15) is 9.59 Å². The summed E-state index contributed by atoms with van der Waals surface area (Å²) in [6.07, 6.45) is 1.57. The second-order valence-corrected chi connectivity index (χ2v) is 9.56. The summed E-state index contributed by atoms with van der Waals surface area (Å²) in [7, 11) is 1.56. The lowest BCUT2D eigenvalue weighted by atomic mass is 10.1. The highest BCUT2D eigenvalue weighted by Crippen LogP contribution is 2.18. The number of unbranched alkanes of at least 4 members (excludes halogenated alkanes) is 1. The van der Waals surface area contributed by atoms with Crippen molar-refractivity contribution in [2.45, 2.75) is 58.3 Å². The van der Waals surface area contributed by atoms with Gasteiger partial charge >= 0.3 is 12.1 Å². The number of likely N-dealkylation sites (N-methyl/N-ethyl adjacent to an activating group) is 1. The van der Waals surface area contributed by atoms with E-state index in [-0.39, 0.29) is 16.9 Å². The Balaban J connectivity index is 1.97. The molecule has 0 aliphatic carbocycles. The second kappa shape index (κ2) is 12.6. The zero-order chi connectivity index (χ0) is 23.7. The Labute approximate surface area is 200 Å². The molecule has 0 bridgehead atoms. The first kappa shape index (κ1) is 26.6. The number of aromatic nitrogens is 1. The number of esters is 1. The summed E-state index contributed by atoms with van der Waals surface area (Å²) in [5.41, 5.74) is -0.0462. The quantitative estimate of drug-likeness (QED) is 0.292. The first-order valence-electron chi connectivity index (χ1n) is 10.8. The molecule has 1 aliphatic heterocycles. The van der Waals surface area contributed by atoms with Crippen LogP contribution in [-0.2, 0) is 25.6 Å². The molecule has 1 fully saturated rings. The van der Waals surface area contributed by atoms with E-state index in [1.54, 1.807) is 40.0 Å². The van der Waals surface area contributed by atoms with Gasteiger partial charge in [-0.15, -0.1) is 0 Å². The largest absolute Gasteiger partial charge is 0.459 e. The minimum Gasteiger partial charge on any atom is -0.459 e. The minimum absolute atomic E-state index is 0.0206. The SMILES string of the molecule is CN(C(=O)OC(C)(C)C)[C@@H](CCCCN1CCOCC1)C(=O)OCc1cc(Cl)nc(Cl)c1. The number of amides is 1. The molecule has 0 N–H and O–H groups in total. The molecule has 0 aromatic carbocycles. The molecule has 1 aliphatic rings. The number of carbonyl (C=O) groups is 2. The van der Waals surface area contributed by atoms with Gasteiger partial charge in [-0.1, -0.05) is 23.2 Å². The van der Waals surface area contributed by atoms with Crippen molar-refractivity contribution in [3.05, 3.63) is 28.0 Å². The summed E-state index contributed by atoms with van der Waals surface area (Å²) < 4.78 is 16.3. The van der Waals surface area contributed by atoms with E-state index in [1.807, 2.05) is 0 Å². The van der Waals surface area contributed by atoms with E-state index in [0.717, 1.165) is 45.7 Å². The summed E-state index contributed by atoms with van der Waals surface area (Å²) in [4.78, 5) is 33.0. The maximum Gasteiger partial charge on any atom is 0.410 e. The monoisotopic (exact) mass is 489 g/mol. The average molecular weight is 490 g/mol. The first-order chi connectivity index (χ1) is 15.0. The Hall–Kier alpha value is -1.61. The van der Waals surface area contributed by atoms with Gasteiger partial charge in [0.1, 0.15) is 28.6 Å². The molecular weight excluding hydrogens is 457 g/mol. The lowest BCUT2D eigenvalue weighted by molar-refractivity contribution is -0.151. The second-order valence-electron chi connectivity index (χ2n) is 8.79. The number of halogens is 2. The van der Waals surface area contributed by atoms with E-state index in [1.165, 1.54) is 4.90 Å². The molecule has 0 radical (unpaired) electrons. The van der Waals surface area contributed by atoms with E-state index < -0.39 is 23.7 Å². The van der Waals surface area contributed by atoms with E-state index in [4.69, 9.17) is 37.4 Å². The van der Waals surface area contributed by atoms with Crippen LogP contribution in [0.2, 0.25) is 10.3 Å². The molecule has 32 heavy (non-hydrogen) atoms. The van der Waals surface area contributed by atoms with E-state index in [2.05, 4.69) is 9.88 Å². The van der Waals surface area contributed by atoms with Gasteiger partial charge in [0.25, 0.3) is 0 Å². The van der Waals surface area contributed by atoms with Crippen LogP contribution in [0.4, 0.5) is 4.79 Å². The zero-order valence-corrected chi connectivity index (χ0v) is 20.7. The van der Waals surface area contributed by atoms with Crippen LogP contribution in [0.25, 0.3) is 0 Å². The predicted molar refractivity (Wildman–Crippen MR) is 123 cm³/mol. The molecule has 180 valence electrons. The summed E-state index contributed by atoms with van der Waals surface area (Å²) in [6.45, 7) is 9.59. The third-order valence-electron chi connectivity index (χ3n) is 4.93. The van der Waals surface area contributed by atoms with Gasteiger partial charge < -0.3 is 14.2 Å². The molecule has 0 unspecified atom stereocenters. The fourth-order valence-corrected chi connectivity index (χ4v) is 3.78. The van der Waals surface area contributed by atoms with Crippen LogP contribution in [0.15, 0.2) is 12.1 Å². The Morgan fingerprint density at radius 1 is 1.19 bits per heavy atom. The van der Waals surface area contributed by atoms with Crippen molar-refractivity contribution in [3.63, 3.8) is 0 Å². The minimum atomic E-state index is -0.762. The maximum absolute atomic E-state index is 12.9. The molecule has 10 heteroatoms. The van der Waals surface area contributed by atoms with Gasteiger partial charge in [-0.25, -0.2) is 14.6 Å². The number of pyridine rings is 1. The highest BCUT2D eigenvalue weighted by atomic mass is 35.5. The van der Waals surface area contributed by atoms with Crippen LogP contribution in [0.1, 0.15) is 45.6 Å². The van der Waals surface area contributed by atoms with Gasteiger partial charge in [0.15, 0.2) is 0 Å². The summed E-state index contributed by atoms with van der Waals surface area (Å²) in [5.74, 6) is -0.506. The van der Waals surface area contributed by atoms with Gasteiger partial charge in [-0.2, -0.15) is 0 Å². The van der Waals surface area contributed by atoms with Crippen LogP contribution >= 0.6 is 23.2 Å². The zero-order valence-electron chi connectivity index (χ0n) is 19.2. The van der Waals surface area contributed by atoms with Crippen molar-refractivity contribution in [1.82, 2.24) is 14.8 Å². The van der Waals surface area contributed by atoms with Crippen LogP contribution < -0.4 is 0 Å². The number of ether oxygens (including phenoxy) is 3. The molecule has 8 nitrogen and oxygen atoms in total. The number of carbonyl (C=O) groups excluding carboxylic acids is 2. The predicted octanol–water partition coefficient (Wildman–Crippen LogP) is 4.17. The van der Waals surface area contributed by atoms with Crippen LogP contribution in [0.3, 0.4) is 0 Å². The van der Waals surface area contributed by atoms with E-state index >= 15 is 0 Å². The molecule has 1 aromatic heterocycles. The normalized spacial score (nSPS) is 15.8. The van der Waals surface area contributed by atoms with Crippen molar-refractivity contribution < 1.29 is 23.8 Å². The Morgan fingerprint density at radius 2 is 1.81 bits per heavy atom. The fourth-order valence-electron chi connectivity index (χ4n) is 3.28. The van der Waals surface area contributed by atoms with Gasteiger partial charge in [0.2, 0.25) is 0 Å². The van der Waals surface area contributed by atoms with Crippen molar-refractivity contribution >= 4 is 35.3 Å². The van der Waals surface area contributed by atoms with Gasteiger partial charge in [-0.05, 0) is 64.3 Å². The Morgan fingerprint density at radius 3 is 2.41 bits per heavy atom. The van der Waals surface area contributed by atoms with Crippen LogP contribution in [-0.4, -0.2) is 78.4 Å². The smallest absolute Gasteiger partial charge is 0.410 e. The van der Waals surface area contributed by atoms with Gasteiger partial charge in [-0.3, -0.25) is 9.80 Å². The summed E-state index contributed by atoms with van der Waals surface area (Å²) >= 11 is 11.8. The highest BCUT2D eigenvalue weighted by Gasteiger charge is 2.31. The maximum atomic E-state index is 12.9. The molecule has 2 heterocycles. The molecular formula is C22H33Cl2N3O5. The Bertz CT molecular complexity index is 746. The topological polar surface area (TPSA) is 81.2 Å². The molecule has 0 spiro atoms. The Kier molecular flexibility index (Phi) is 10.5. The van der Waals surface area contributed by atoms with Gasteiger partial charge in [0, 0.05) is 20.1 Å². The van der Waals surface area contributed by atoms with Crippen LogP contribution in [0.5, 0.6) is 0 Å². The van der Waals surface area contributed by atoms with Crippen LogP contribution in [0, 0.1) is 0 Å². The lowest BCUT2D eigenvalue weighted by Gasteiger charge is -2.30. The molecule has 0 saturated carbocycles. The highest BCUT2D eigenvalue weighted by molar-refractivity contribution is 6.32. The molecule has 2 rings (SSSR count). The summed E-state index contributed by atoms with van der Waals surface area (Å²) in [5, 5.41) is 0.433. The average Bonchev–Trinajstić information content (AvgIpc) is 2.70. The number of morpholine rings is 1. The summed E-state index contributed by atoms with van der Waals surface area (Å²) in [6, 6.07) is 2.40. The number of nitrogens with zero attached hydrogens (tertiary/aromatic N) is 3. The van der Waals surface area contributed by atoms with E-state index in [0.29, 0.717) is 12.0 Å². The lowest BCUT2D eigenvalue weighted by Crippen LogP contribution is -2.45. The van der Waals surface area contributed by atoms with Crippen molar-refractivity contribution in [2.75, 3.05) is 39.9 Å². The molecule has 1 aromatic rings. The number of hydrogen-bond acceptors (Lipinski definition) is 7. The van der Waals surface area contributed by atoms with Gasteiger partial charge in [0.05, 0.1) is 13.2 Å². The number of rotatable bonds is 9. The van der Waals surface area contributed by atoms with Crippen molar-refractivity contribution in [2.24, 2.45) is 0 Å². The molecule has 1 saturated heterocycles. The molecule has 1 amide bonds. The third-order valence-corrected chi connectivity index (χ3v) is 5.32. The van der Waals surface area contributed by atoms with Crippen molar-refractivity contribution in [3.8, 4) is 0 Å². The number of hydrogen-bond donors (Lipinski definition) is 0. The third kappa shape index (κ3) is 9.48. The fraction of sp³-hybridized carbons (Fsp3) is 0.682.